The molecule has 0 saturated heterocycles. The second-order valence-electron chi connectivity index (χ2n) is 8.56. The van der Waals surface area contributed by atoms with Gasteiger partial charge in [-0.1, -0.05) is 12.1 Å². The van der Waals surface area contributed by atoms with Gasteiger partial charge in [0, 0.05) is 49.0 Å². The normalized spacial score (nSPS) is 12.1. The number of carbonyl (C=O) groups excluding carboxylic acids is 5. The van der Waals surface area contributed by atoms with E-state index in [4.69, 9.17) is 4.74 Å². The first-order chi connectivity index (χ1) is 18.6. The van der Waals surface area contributed by atoms with Crippen molar-refractivity contribution in [3.8, 4) is 5.75 Å². The lowest BCUT2D eigenvalue weighted by Gasteiger charge is -2.13. The number of amides is 4. The summed E-state index contributed by atoms with van der Waals surface area (Å²) < 4.78 is 4.99. The van der Waals surface area contributed by atoms with Crippen LogP contribution in [0.15, 0.2) is 66.7 Å². The van der Waals surface area contributed by atoms with E-state index < -0.39 is 28.6 Å². The number of nitro groups is 1. The fourth-order valence-electron chi connectivity index (χ4n) is 3.96. The van der Waals surface area contributed by atoms with Crippen molar-refractivity contribution < 1.29 is 33.6 Å². The number of nitro benzene ring substituents is 1. The molecule has 198 valence electrons. The number of fused-ring (bicyclic) bond motifs is 1. The van der Waals surface area contributed by atoms with Crippen LogP contribution in [0.5, 0.6) is 5.75 Å². The smallest absolute Gasteiger partial charge is 0.308 e. The van der Waals surface area contributed by atoms with Gasteiger partial charge in [0.2, 0.25) is 5.91 Å². The molecule has 1 heterocycles. The molecule has 4 rings (SSSR count). The molecule has 0 spiro atoms. The zero-order valence-corrected chi connectivity index (χ0v) is 20.6. The molecule has 1 aliphatic heterocycles. The third-order valence-corrected chi connectivity index (χ3v) is 5.71. The molecule has 0 bridgehead atoms. The van der Waals surface area contributed by atoms with Crippen LogP contribution in [0.1, 0.15) is 50.8 Å². The summed E-state index contributed by atoms with van der Waals surface area (Å²) in [4.78, 5) is 72.6. The molecule has 0 atom stereocenters. The molecule has 12 heteroatoms. The number of carbonyl (C=O) groups is 5. The number of non-ortho nitro benzene ring substituents is 1. The molecule has 1 aliphatic rings. The first kappa shape index (κ1) is 26.7. The number of hydrogen-bond donors (Lipinski definition) is 2. The summed E-state index contributed by atoms with van der Waals surface area (Å²) in [5.41, 5.74) is 0.869. The van der Waals surface area contributed by atoms with Gasteiger partial charge in [0.1, 0.15) is 5.75 Å². The van der Waals surface area contributed by atoms with E-state index >= 15 is 0 Å². The fourth-order valence-corrected chi connectivity index (χ4v) is 3.96. The Kier molecular flexibility index (Phi) is 7.75. The monoisotopic (exact) mass is 530 g/mol. The van der Waals surface area contributed by atoms with Crippen molar-refractivity contribution in [2.75, 3.05) is 17.2 Å². The summed E-state index contributed by atoms with van der Waals surface area (Å²) >= 11 is 0. The van der Waals surface area contributed by atoms with Gasteiger partial charge in [0.15, 0.2) is 0 Å². The topological polar surface area (TPSA) is 165 Å². The van der Waals surface area contributed by atoms with Gasteiger partial charge in [-0.3, -0.25) is 39.0 Å². The molecule has 0 aromatic heterocycles. The van der Waals surface area contributed by atoms with Crippen LogP contribution in [0.25, 0.3) is 0 Å². The quantitative estimate of drug-likeness (QED) is 0.139. The van der Waals surface area contributed by atoms with E-state index in [2.05, 4.69) is 10.6 Å². The third kappa shape index (κ3) is 6.31. The number of esters is 1. The zero-order chi connectivity index (χ0) is 28.1. The Hall–Kier alpha value is -5.39. The van der Waals surface area contributed by atoms with Crippen LogP contribution < -0.4 is 15.4 Å². The first-order valence-electron chi connectivity index (χ1n) is 11.8. The molecule has 0 fully saturated rings. The van der Waals surface area contributed by atoms with E-state index in [1.807, 2.05) is 0 Å². The lowest BCUT2D eigenvalue weighted by molar-refractivity contribution is -0.384. The Morgan fingerprint density at radius 3 is 2.31 bits per heavy atom. The maximum atomic E-state index is 12.6. The van der Waals surface area contributed by atoms with Gasteiger partial charge in [-0.2, -0.15) is 0 Å². The van der Waals surface area contributed by atoms with E-state index in [0.717, 1.165) is 17.0 Å². The number of imide groups is 1. The largest absolute Gasteiger partial charge is 0.427 e. The first-order valence-corrected chi connectivity index (χ1v) is 11.8. The average Bonchev–Trinajstić information content (AvgIpc) is 3.13. The van der Waals surface area contributed by atoms with Gasteiger partial charge in [0.05, 0.1) is 16.1 Å². The van der Waals surface area contributed by atoms with Crippen molar-refractivity contribution in [2.24, 2.45) is 0 Å². The molecule has 3 aromatic carbocycles. The van der Waals surface area contributed by atoms with Gasteiger partial charge in [-0.05, 0) is 48.9 Å². The Balaban J connectivity index is 1.30. The van der Waals surface area contributed by atoms with E-state index in [0.29, 0.717) is 11.4 Å². The van der Waals surface area contributed by atoms with Crippen LogP contribution in [0.3, 0.4) is 0 Å². The van der Waals surface area contributed by atoms with E-state index in [1.54, 1.807) is 42.5 Å². The number of anilines is 2. The molecule has 2 N–H and O–H groups in total. The van der Waals surface area contributed by atoms with Gasteiger partial charge in [0.25, 0.3) is 23.4 Å². The lowest BCUT2D eigenvalue weighted by atomic mass is 10.1. The summed E-state index contributed by atoms with van der Waals surface area (Å²) in [6.45, 7) is 1.23. The molecule has 0 aliphatic carbocycles. The maximum absolute atomic E-state index is 12.6. The van der Waals surface area contributed by atoms with Crippen molar-refractivity contribution in [3.63, 3.8) is 0 Å². The highest BCUT2D eigenvalue weighted by molar-refractivity contribution is 6.21. The van der Waals surface area contributed by atoms with Crippen molar-refractivity contribution in [2.45, 2.75) is 19.8 Å². The molecule has 0 radical (unpaired) electrons. The summed E-state index contributed by atoms with van der Waals surface area (Å²) in [5.74, 6) is -2.30. The number of nitrogens with zero attached hydrogens (tertiary/aromatic N) is 2. The molecular formula is C27H22N4O8. The van der Waals surface area contributed by atoms with Gasteiger partial charge >= 0.3 is 5.97 Å². The van der Waals surface area contributed by atoms with Crippen molar-refractivity contribution in [1.82, 2.24) is 4.90 Å². The Labute approximate surface area is 221 Å². The van der Waals surface area contributed by atoms with E-state index in [1.165, 1.54) is 19.1 Å². The third-order valence-electron chi connectivity index (χ3n) is 5.71. The highest BCUT2D eigenvalue weighted by Crippen LogP contribution is 2.27. The van der Waals surface area contributed by atoms with Gasteiger partial charge < -0.3 is 15.4 Å². The Morgan fingerprint density at radius 1 is 0.897 bits per heavy atom. The second kappa shape index (κ2) is 11.3. The molecule has 12 nitrogen and oxygen atoms in total. The van der Waals surface area contributed by atoms with E-state index in [-0.39, 0.29) is 53.4 Å². The number of nitrogens with one attached hydrogen (secondary N) is 2. The summed E-state index contributed by atoms with van der Waals surface area (Å²) in [6.07, 6.45) is 0.168. The number of benzene rings is 3. The second-order valence-corrected chi connectivity index (χ2v) is 8.56. The number of hydrogen-bond acceptors (Lipinski definition) is 8. The highest BCUT2D eigenvalue weighted by atomic mass is 16.6. The lowest BCUT2D eigenvalue weighted by Crippen LogP contribution is -2.31. The van der Waals surface area contributed by atoms with Gasteiger partial charge in [-0.15, -0.1) is 0 Å². The summed E-state index contributed by atoms with van der Waals surface area (Å²) in [6, 6.07) is 16.1. The van der Waals surface area contributed by atoms with Crippen molar-refractivity contribution >= 4 is 46.7 Å². The molecule has 0 saturated carbocycles. The van der Waals surface area contributed by atoms with Crippen LogP contribution in [0, 0.1) is 10.1 Å². The minimum Gasteiger partial charge on any atom is -0.427 e. The fraction of sp³-hybridized carbons (Fsp3) is 0.148. The highest BCUT2D eigenvalue weighted by Gasteiger charge is 2.36. The van der Waals surface area contributed by atoms with E-state index in [9.17, 15) is 34.1 Å². The Morgan fingerprint density at radius 2 is 1.59 bits per heavy atom. The molecule has 0 unspecified atom stereocenters. The van der Waals surface area contributed by atoms with Gasteiger partial charge in [-0.25, -0.2) is 0 Å². The minimum absolute atomic E-state index is 0.00686. The minimum atomic E-state index is -0.644. The number of ether oxygens (including phenoxy) is 1. The maximum Gasteiger partial charge on any atom is 0.308 e. The molecule has 4 amide bonds. The van der Waals surface area contributed by atoms with Crippen molar-refractivity contribution in [3.05, 3.63) is 93.5 Å². The predicted octanol–water partition coefficient (Wildman–Crippen LogP) is 3.79. The zero-order valence-electron chi connectivity index (χ0n) is 20.6. The predicted molar refractivity (Wildman–Crippen MR) is 138 cm³/mol. The Bertz CT molecular complexity index is 1520. The van der Waals surface area contributed by atoms with Crippen LogP contribution in [-0.2, 0) is 9.59 Å². The SMILES string of the molecule is CC(=O)Oc1cccc(C(=O)Nc2cccc(NC(=O)CCCN3C(=O)c4ccc([N+](=O)[O-])cc4C3=O)c2)c1. The standard InChI is InChI=1S/C27H22N4O8/c1-16(32)39-21-8-2-5-17(13-21)25(34)29-19-7-3-6-18(14-19)28-24(33)9-4-12-30-26(35)22-11-10-20(31(37)38)15-23(22)27(30)36/h2-3,5-8,10-11,13-15H,4,9,12H2,1H3,(H,28,33)(H,29,34). The van der Waals surface area contributed by atoms with Crippen LogP contribution >= 0.6 is 0 Å². The summed E-state index contributed by atoms with van der Waals surface area (Å²) in [5, 5.41) is 16.4. The molecular weight excluding hydrogens is 508 g/mol. The number of rotatable bonds is 9. The summed E-state index contributed by atoms with van der Waals surface area (Å²) in [7, 11) is 0. The molecule has 39 heavy (non-hydrogen) atoms. The van der Waals surface area contributed by atoms with Crippen LogP contribution in [-0.4, -0.2) is 46.0 Å². The van der Waals surface area contributed by atoms with Crippen LogP contribution in [0.4, 0.5) is 17.1 Å². The van der Waals surface area contributed by atoms with Crippen molar-refractivity contribution in [1.29, 1.82) is 0 Å². The average molecular weight is 530 g/mol. The molecule has 3 aromatic rings. The van der Waals surface area contributed by atoms with Crippen LogP contribution in [0.2, 0.25) is 0 Å².